The molecule has 0 aromatic heterocycles. The van der Waals surface area contributed by atoms with Crippen LogP contribution in [-0.4, -0.2) is 37.1 Å². The largest absolute Gasteiger partial charge is 0.330 e. The van der Waals surface area contributed by atoms with Crippen LogP contribution in [0.5, 0.6) is 0 Å². The molecule has 5 heteroatoms. The van der Waals surface area contributed by atoms with Crippen molar-refractivity contribution in [2.75, 3.05) is 13.1 Å². The quantitative estimate of drug-likeness (QED) is 0.769. The number of rotatable bonds is 5. The van der Waals surface area contributed by atoms with E-state index in [0.29, 0.717) is 13.1 Å². The molecule has 1 rings (SSSR count). The fraction of sp³-hybridized carbons (Fsp3) is 1.00. The van der Waals surface area contributed by atoms with Gasteiger partial charge in [-0.3, -0.25) is 0 Å². The van der Waals surface area contributed by atoms with Crippen molar-refractivity contribution in [1.82, 2.24) is 4.31 Å². The van der Waals surface area contributed by atoms with Gasteiger partial charge in [-0.2, -0.15) is 4.31 Å². The van der Waals surface area contributed by atoms with Crippen LogP contribution in [0.25, 0.3) is 0 Å². The minimum atomic E-state index is -3.06. The Balaban J connectivity index is 2.68. The van der Waals surface area contributed by atoms with Crippen LogP contribution >= 0.6 is 0 Å². The fourth-order valence-electron chi connectivity index (χ4n) is 2.06. The molecule has 1 fully saturated rings. The van der Waals surface area contributed by atoms with Crippen LogP contribution < -0.4 is 5.73 Å². The smallest absolute Gasteiger partial charge is 0.216 e. The van der Waals surface area contributed by atoms with E-state index < -0.39 is 10.0 Å². The van der Waals surface area contributed by atoms with E-state index in [1.54, 1.807) is 18.2 Å². The van der Waals surface area contributed by atoms with Crippen molar-refractivity contribution in [1.29, 1.82) is 0 Å². The summed E-state index contributed by atoms with van der Waals surface area (Å²) in [7, 11) is -3.06. The molecule has 0 aromatic rings. The summed E-state index contributed by atoms with van der Waals surface area (Å²) in [6.45, 7) is 4.82. The van der Waals surface area contributed by atoms with Gasteiger partial charge in [-0.25, -0.2) is 8.42 Å². The fourth-order valence-corrected chi connectivity index (χ4v) is 3.61. The average molecular weight is 234 g/mol. The topological polar surface area (TPSA) is 63.4 Å². The summed E-state index contributed by atoms with van der Waals surface area (Å²) in [6, 6.07) is 0.195. The molecule has 15 heavy (non-hydrogen) atoms. The van der Waals surface area contributed by atoms with Crippen molar-refractivity contribution in [3.63, 3.8) is 0 Å². The molecule has 0 bridgehead atoms. The Labute approximate surface area is 92.9 Å². The molecule has 0 saturated carbocycles. The number of sulfonamides is 1. The Bertz CT molecular complexity index is 288. The summed E-state index contributed by atoms with van der Waals surface area (Å²) in [5, 5.41) is -0.309. The van der Waals surface area contributed by atoms with Gasteiger partial charge in [-0.15, -0.1) is 0 Å². The lowest BCUT2D eigenvalue weighted by Crippen LogP contribution is -2.39. The maximum atomic E-state index is 12.0. The molecule has 0 spiro atoms. The third-order valence-corrected chi connectivity index (χ3v) is 5.31. The van der Waals surface area contributed by atoms with Crippen LogP contribution in [0.15, 0.2) is 0 Å². The molecule has 0 aromatic carbocycles. The van der Waals surface area contributed by atoms with Gasteiger partial charge in [0, 0.05) is 12.6 Å². The number of nitrogens with zero attached hydrogens (tertiary/aromatic N) is 1. The SMILES string of the molecule is CC(C)S(=O)(=O)N1CCCC1CCCN. The van der Waals surface area contributed by atoms with Crippen LogP contribution in [0, 0.1) is 0 Å². The summed E-state index contributed by atoms with van der Waals surface area (Å²) in [4.78, 5) is 0. The Kier molecular flexibility index (Phi) is 4.55. The first-order valence-corrected chi connectivity index (χ1v) is 7.21. The van der Waals surface area contributed by atoms with Crippen LogP contribution in [0.2, 0.25) is 0 Å². The van der Waals surface area contributed by atoms with Gasteiger partial charge in [-0.1, -0.05) is 0 Å². The van der Waals surface area contributed by atoms with Gasteiger partial charge in [0.15, 0.2) is 0 Å². The standard InChI is InChI=1S/C10H22N2O2S/c1-9(2)15(13,14)12-8-4-6-10(12)5-3-7-11/h9-10H,3-8,11H2,1-2H3. The van der Waals surface area contributed by atoms with Crippen molar-refractivity contribution in [2.24, 2.45) is 5.73 Å². The molecule has 1 atom stereocenters. The zero-order chi connectivity index (χ0) is 11.5. The predicted octanol–water partition coefficient (Wildman–Crippen LogP) is 0.928. The third-order valence-electron chi connectivity index (χ3n) is 2.99. The number of hydrogen-bond acceptors (Lipinski definition) is 3. The lowest BCUT2D eigenvalue weighted by atomic mass is 10.1. The molecular formula is C10H22N2O2S. The monoisotopic (exact) mass is 234 g/mol. The summed E-state index contributed by atoms with van der Waals surface area (Å²) < 4.78 is 25.7. The van der Waals surface area contributed by atoms with Gasteiger partial charge in [0.1, 0.15) is 0 Å². The molecular weight excluding hydrogens is 212 g/mol. The van der Waals surface area contributed by atoms with Gasteiger partial charge >= 0.3 is 0 Å². The Morgan fingerprint density at radius 2 is 2.13 bits per heavy atom. The molecule has 1 saturated heterocycles. The Morgan fingerprint density at radius 3 is 2.67 bits per heavy atom. The minimum absolute atomic E-state index is 0.195. The van der Waals surface area contributed by atoms with E-state index in [1.165, 1.54) is 0 Å². The molecule has 1 aliphatic heterocycles. The normalized spacial score (nSPS) is 23.9. The predicted molar refractivity (Wildman–Crippen MR) is 62.1 cm³/mol. The first-order chi connectivity index (χ1) is 7.00. The highest BCUT2D eigenvalue weighted by Gasteiger charge is 2.35. The second kappa shape index (κ2) is 5.27. The second-order valence-corrected chi connectivity index (χ2v) is 6.87. The Hall–Kier alpha value is -0.130. The third kappa shape index (κ3) is 2.92. The van der Waals surface area contributed by atoms with Gasteiger partial charge < -0.3 is 5.73 Å². The van der Waals surface area contributed by atoms with Crippen molar-refractivity contribution >= 4 is 10.0 Å². The molecule has 1 unspecified atom stereocenters. The molecule has 90 valence electrons. The van der Waals surface area contributed by atoms with E-state index in [1.807, 2.05) is 0 Å². The molecule has 0 amide bonds. The average Bonchev–Trinajstić information content (AvgIpc) is 2.62. The molecule has 4 nitrogen and oxygen atoms in total. The van der Waals surface area contributed by atoms with E-state index in [9.17, 15) is 8.42 Å². The second-order valence-electron chi connectivity index (χ2n) is 4.43. The van der Waals surface area contributed by atoms with Crippen molar-refractivity contribution < 1.29 is 8.42 Å². The zero-order valence-corrected chi connectivity index (χ0v) is 10.5. The highest BCUT2D eigenvalue weighted by atomic mass is 32.2. The van der Waals surface area contributed by atoms with E-state index in [-0.39, 0.29) is 11.3 Å². The van der Waals surface area contributed by atoms with E-state index in [0.717, 1.165) is 25.7 Å². The first kappa shape index (κ1) is 12.9. The zero-order valence-electron chi connectivity index (χ0n) is 9.65. The van der Waals surface area contributed by atoms with Crippen molar-refractivity contribution in [2.45, 2.75) is 50.8 Å². The maximum absolute atomic E-state index is 12.0. The highest BCUT2D eigenvalue weighted by Crippen LogP contribution is 2.26. The Morgan fingerprint density at radius 1 is 1.47 bits per heavy atom. The summed E-state index contributed by atoms with van der Waals surface area (Å²) in [6.07, 6.45) is 3.80. The van der Waals surface area contributed by atoms with E-state index >= 15 is 0 Å². The van der Waals surface area contributed by atoms with Crippen LogP contribution in [0.1, 0.15) is 39.5 Å². The van der Waals surface area contributed by atoms with E-state index in [2.05, 4.69) is 0 Å². The number of nitrogens with two attached hydrogens (primary N) is 1. The molecule has 2 N–H and O–H groups in total. The van der Waals surface area contributed by atoms with Crippen molar-refractivity contribution in [3.05, 3.63) is 0 Å². The molecule has 1 heterocycles. The van der Waals surface area contributed by atoms with Crippen LogP contribution in [-0.2, 0) is 10.0 Å². The van der Waals surface area contributed by atoms with Gasteiger partial charge in [0.05, 0.1) is 5.25 Å². The maximum Gasteiger partial charge on any atom is 0.216 e. The summed E-state index contributed by atoms with van der Waals surface area (Å²) in [5.74, 6) is 0. The number of hydrogen-bond donors (Lipinski definition) is 1. The molecule has 0 aliphatic carbocycles. The highest BCUT2D eigenvalue weighted by molar-refractivity contribution is 7.89. The van der Waals surface area contributed by atoms with Gasteiger partial charge in [-0.05, 0) is 46.1 Å². The lowest BCUT2D eigenvalue weighted by Gasteiger charge is -2.25. The molecule has 1 aliphatic rings. The van der Waals surface area contributed by atoms with Crippen LogP contribution in [0.4, 0.5) is 0 Å². The summed E-state index contributed by atoms with van der Waals surface area (Å²) in [5.41, 5.74) is 5.45. The lowest BCUT2D eigenvalue weighted by molar-refractivity contribution is 0.362. The minimum Gasteiger partial charge on any atom is -0.330 e. The van der Waals surface area contributed by atoms with Crippen molar-refractivity contribution in [3.8, 4) is 0 Å². The van der Waals surface area contributed by atoms with Gasteiger partial charge in [0.2, 0.25) is 10.0 Å². The van der Waals surface area contributed by atoms with Gasteiger partial charge in [0.25, 0.3) is 0 Å². The molecule has 0 radical (unpaired) electrons. The summed E-state index contributed by atoms with van der Waals surface area (Å²) >= 11 is 0. The first-order valence-electron chi connectivity index (χ1n) is 5.71. The van der Waals surface area contributed by atoms with Crippen LogP contribution in [0.3, 0.4) is 0 Å². The van der Waals surface area contributed by atoms with E-state index in [4.69, 9.17) is 5.73 Å².